The summed E-state index contributed by atoms with van der Waals surface area (Å²) in [6.07, 6.45) is 8.20. The average Bonchev–Trinajstić information content (AvgIpc) is 3.90. The molecule has 0 radical (unpaired) electrons. The number of benzene rings is 2. The van der Waals surface area contributed by atoms with Crippen molar-refractivity contribution in [3.05, 3.63) is 88.4 Å². The second-order valence-electron chi connectivity index (χ2n) is 19.7. The fourth-order valence-electron chi connectivity index (χ4n) is 11.0. The second kappa shape index (κ2) is 19.1. The molecule has 0 aliphatic carbocycles. The number of carbonyl (C=O) groups is 4. The normalized spacial score (nSPS) is 18.7. The number of likely N-dealkylation sites (N-methyl/N-ethyl adjacent to an activating group) is 1. The topological polar surface area (TPSA) is 195 Å². The molecule has 3 N–H and O–H groups in total. The molecule has 3 amide bonds. The van der Waals surface area contributed by atoms with Crippen LogP contribution in [0.2, 0.25) is 10.0 Å². The number of nitrogens with one attached hydrogen (secondary N) is 2. The number of H-pyrrole nitrogens is 1. The molecule has 0 bridgehead atoms. The largest absolute Gasteiger partial charge is 0.486 e. The lowest BCUT2D eigenvalue weighted by atomic mass is 9.72. The van der Waals surface area contributed by atoms with Crippen molar-refractivity contribution in [2.75, 3.05) is 69.2 Å². The predicted molar refractivity (Wildman–Crippen MR) is 267 cm³/mol. The number of pyridine rings is 2. The fraction of sp³-hybridized carbons (Fsp3) is 0.451. The van der Waals surface area contributed by atoms with Gasteiger partial charge in [0.2, 0.25) is 17.7 Å². The van der Waals surface area contributed by atoms with Gasteiger partial charge in [-0.2, -0.15) is 10.2 Å². The molecule has 6 aromatic rings. The van der Waals surface area contributed by atoms with E-state index in [9.17, 15) is 24.3 Å². The summed E-state index contributed by atoms with van der Waals surface area (Å²) in [6.45, 7) is 7.18. The van der Waals surface area contributed by atoms with Crippen molar-refractivity contribution in [1.29, 1.82) is 0 Å². The Morgan fingerprint density at radius 1 is 0.929 bits per heavy atom. The maximum Gasteiger partial charge on any atom is 0.228 e. The molecule has 2 aromatic carbocycles. The van der Waals surface area contributed by atoms with Crippen LogP contribution in [-0.2, 0) is 26.2 Å². The monoisotopic (exact) mass is 989 g/mol. The molecule has 1 spiro atoms. The van der Waals surface area contributed by atoms with Gasteiger partial charge >= 0.3 is 0 Å². The predicted octanol–water partition coefficient (Wildman–Crippen LogP) is 6.47. The van der Waals surface area contributed by atoms with E-state index in [-0.39, 0.29) is 41.9 Å². The summed E-state index contributed by atoms with van der Waals surface area (Å²) in [5.74, 6) is 0.824. The van der Waals surface area contributed by atoms with Gasteiger partial charge in [-0.1, -0.05) is 23.2 Å². The molecule has 4 aliphatic heterocycles. The zero-order chi connectivity index (χ0) is 48.9. The van der Waals surface area contributed by atoms with Crippen LogP contribution in [0, 0.1) is 11.3 Å². The quantitative estimate of drug-likeness (QED) is 0.101. The van der Waals surface area contributed by atoms with E-state index in [0.29, 0.717) is 85.3 Å². The van der Waals surface area contributed by atoms with E-state index >= 15 is 0 Å². The van der Waals surface area contributed by atoms with Crippen LogP contribution < -0.4 is 19.9 Å². The number of piperidine rings is 2. The minimum atomic E-state index is -1.11. The third kappa shape index (κ3) is 9.14. The number of ether oxygens (including phenoxy) is 1. The number of hydrogen-bond donors (Lipinski definition) is 3. The lowest BCUT2D eigenvalue weighted by Crippen LogP contribution is -2.73. The van der Waals surface area contributed by atoms with E-state index in [4.69, 9.17) is 32.9 Å². The maximum absolute atomic E-state index is 13.7. The van der Waals surface area contributed by atoms with E-state index in [1.54, 1.807) is 24.1 Å². The highest BCUT2D eigenvalue weighted by molar-refractivity contribution is 6.35. The number of halogens is 2. The fourth-order valence-corrected chi connectivity index (χ4v) is 11.7. The van der Waals surface area contributed by atoms with Gasteiger partial charge in [-0.3, -0.25) is 29.1 Å². The molecular weight excluding hydrogens is 934 g/mol. The summed E-state index contributed by atoms with van der Waals surface area (Å²) in [6, 6.07) is 15.8. The van der Waals surface area contributed by atoms with E-state index < -0.39 is 17.6 Å². The molecule has 8 heterocycles. The summed E-state index contributed by atoms with van der Waals surface area (Å²) >= 11 is 12.8. The van der Waals surface area contributed by atoms with Gasteiger partial charge < -0.3 is 39.6 Å². The minimum Gasteiger partial charge on any atom is -0.486 e. The maximum atomic E-state index is 13.7. The molecule has 4 fully saturated rings. The molecule has 1 unspecified atom stereocenters. The summed E-state index contributed by atoms with van der Waals surface area (Å²) in [4.78, 5) is 68.1. The standard InChI is InChI=1S/C51H57Cl2N11O6/c1-31(45-39(52)25-55-26-40(45)53)70-35-8-10-41-38(22-35)46(58-57-41)33-6-11-43(56-24-33)63-27-50(28-63)29-64(30-50)49(68)32-12-16-62(17-13-32)44(66)23-51(69)14-18-61(19-15-51)34-7-9-36-42(21-34)60(3)59-47(36)37(5-4-20-65)48(67)54-2/h6-11,20-22,24-26,31-32,37,69H,4-5,12-19,23,27-30H2,1-3H3,(H,54,67)(H,57,58)/t31-,37?/m1/s1. The molecule has 366 valence electrons. The van der Waals surface area contributed by atoms with Crippen LogP contribution in [0.1, 0.15) is 75.1 Å². The van der Waals surface area contributed by atoms with Crippen molar-refractivity contribution < 1.29 is 29.0 Å². The van der Waals surface area contributed by atoms with Crippen molar-refractivity contribution in [3.63, 3.8) is 0 Å². The number of aromatic nitrogens is 6. The molecular formula is C51H57Cl2N11O6. The van der Waals surface area contributed by atoms with Gasteiger partial charge in [0, 0.05) is 130 Å². The highest BCUT2D eigenvalue weighted by atomic mass is 35.5. The van der Waals surface area contributed by atoms with Crippen LogP contribution in [0.5, 0.6) is 5.75 Å². The van der Waals surface area contributed by atoms with E-state index in [1.165, 1.54) is 0 Å². The van der Waals surface area contributed by atoms with Gasteiger partial charge in [0.25, 0.3) is 0 Å². The first-order valence-corrected chi connectivity index (χ1v) is 24.8. The van der Waals surface area contributed by atoms with Crippen molar-refractivity contribution >= 4 is 80.5 Å². The number of aromatic amines is 1. The highest BCUT2D eigenvalue weighted by Gasteiger charge is 2.54. The van der Waals surface area contributed by atoms with E-state index in [1.807, 2.05) is 78.5 Å². The molecule has 19 heteroatoms. The van der Waals surface area contributed by atoms with Crippen molar-refractivity contribution in [2.24, 2.45) is 18.4 Å². The Morgan fingerprint density at radius 2 is 1.67 bits per heavy atom. The van der Waals surface area contributed by atoms with Crippen molar-refractivity contribution in [1.82, 2.24) is 45.1 Å². The third-order valence-electron chi connectivity index (χ3n) is 15.0. The number of aryl methyl sites for hydroxylation is 1. The molecule has 2 atom stereocenters. The molecule has 4 saturated heterocycles. The highest BCUT2D eigenvalue weighted by Crippen LogP contribution is 2.43. The number of carbonyl (C=O) groups excluding carboxylic acids is 4. The number of fused-ring (bicyclic) bond motifs is 2. The van der Waals surface area contributed by atoms with E-state index in [2.05, 4.69) is 35.4 Å². The Hall–Kier alpha value is -6.30. The third-order valence-corrected chi connectivity index (χ3v) is 15.6. The van der Waals surface area contributed by atoms with Crippen LogP contribution in [-0.4, -0.2) is 134 Å². The van der Waals surface area contributed by atoms with E-state index in [0.717, 1.165) is 77.0 Å². The van der Waals surface area contributed by atoms with Crippen molar-refractivity contribution in [2.45, 2.75) is 69.5 Å². The Morgan fingerprint density at radius 3 is 2.36 bits per heavy atom. The second-order valence-corrected chi connectivity index (χ2v) is 20.5. The Kier molecular flexibility index (Phi) is 12.9. The SMILES string of the molecule is CNC(=O)C(CCC=O)c1nn(C)c2cc(N3CCC(O)(CC(=O)N4CCC(C(=O)N5CC6(C5)CN(c5ccc(-c7n[nH]c8ccc(O[C@H](C)c9c(Cl)cncc9Cl)cc78)cn5)C6)CC4)CC3)ccc12. The number of aldehydes is 1. The zero-order valence-electron chi connectivity index (χ0n) is 39.5. The Bertz CT molecular complexity index is 2930. The van der Waals surface area contributed by atoms with Crippen molar-refractivity contribution in [3.8, 4) is 17.0 Å². The first-order chi connectivity index (χ1) is 33.7. The molecule has 4 aromatic heterocycles. The minimum absolute atomic E-state index is 0.0599. The molecule has 4 aliphatic rings. The molecule has 0 saturated carbocycles. The summed E-state index contributed by atoms with van der Waals surface area (Å²) < 4.78 is 8.02. The summed E-state index contributed by atoms with van der Waals surface area (Å²) in [7, 11) is 3.43. The summed E-state index contributed by atoms with van der Waals surface area (Å²) in [5.41, 5.74) is 4.64. The van der Waals surface area contributed by atoms with Gasteiger partial charge in [0.05, 0.1) is 44.7 Å². The van der Waals surface area contributed by atoms with Crippen LogP contribution in [0.3, 0.4) is 0 Å². The van der Waals surface area contributed by atoms with Gasteiger partial charge in [-0.15, -0.1) is 0 Å². The first-order valence-electron chi connectivity index (χ1n) is 24.0. The first kappa shape index (κ1) is 47.4. The number of hydrogen-bond acceptors (Lipinski definition) is 12. The molecule has 10 rings (SSSR count). The molecule has 70 heavy (non-hydrogen) atoms. The van der Waals surface area contributed by atoms with Crippen LogP contribution in [0.25, 0.3) is 33.1 Å². The van der Waals surface area contributed by atoms with Crippen LogP contribution in [0.4, 0.5) is 11.5 Å². The van der Waals surface area contributed by atoms with Gasteiger partial charge in [0.15, 0.2) is 0 Å². The average molecular weight is 991 g/mol. The number of anilines is 2. The number of rotatable bonds is 14. The number of aliphatic hydroxyl groups is 1. The smallest absolute Gasteiger partial charge is 0.228 e. The van der Waals surface area contributed by atoms with Gasteiger partial charge in [-0.25, -0.2) is 4.98 Å². The van der Waals surface area contributed by atoms with Gasteiger partial charge in [-0.05, 0) is 87.6 Å². The van der Waals surface area contributed by atoms with Gasteiger partial charge in [0.1, 0.15) is 29.7 Å². The summed E-state index contributed by atoms with van der Waals surface area (Å²) in [5, 5.41) is 29.3. The number of nitrogens with zero attached hydrogens (tertiary/aromatic N) is 9. The lowest BCUT2D eigenvalue weighted by Gasteiger charge is -2.61. The number of likely N-dealkylation sites (tertiary alicyclic amines) is 2. The van der Waals surface area contributed by atoms with Crippen LogP contribution in [0.15, 0.2) is 67.1 Å². The Labute approximate surface area is 415 Å². The Balaban J connectivity index is 0.667. The lowest BCUT2D eigenvalue weighted by molar-refractivity contribution is -0.153. The number of amides is 3. The zero-order valence-corrected chi connectivity index (χ0v) is 41.0. The molecule has 17 nitrogen and oxygen atoms in total. The van der Waals surface area contributed by atoms with Crippen LogP contribution >= 0.6 is 23.2 Å².